The van der Waals surface area contributed by atoms with Crippen LogP contribution in [0.2, 0.25) is 0 Å². The van der Waals surface area contributed by atoms with E-state index in [0.717, 1.165) is 42.5 Å². The summed E-state index contributed by atoms with van der Waals surface area (Å²) in [6.45, 7) is 3.22. The zero-order valence-corrected chi connectivity index (χ0v) is 13.7. The van der Waals surface area contributed by atoms with E-state index in [9.17, 15) is 4.79 Å². The van der Waals surface area contributed by atoms with Gasteiger partial charge in [0.1, 0.15) is 0 Å². The molecule has 0 fully saturated rings. The van der Waals surface area contributed by atoms with Gasteiger partial charge >= 0.3 is 0 Å². The van der Waals surface area contributed by atoms with Gasteiger partial charge in [-0.05, 0) is 37.6 Å². The summed E-state index contributed by atoms with van der Waals surface area (Å²) in [5.74, 6) is 0. The molecule has 1 heterocycles. The van der Waals surface area contributed by atoms with Crippen LogP contribution in [0.3, 0.4) is 0 Å². The highest BCUT2D eigenvalue weighted by molar-refractivity contribution is 9.10. The molecule has 1 N–H and O–H groups in total. The van der Waals surface area contributed by atoms with Gasteiger partial charge in [0.05, 0.1) is 23.8 Å². The molecule has 2 rings (SSSR count). The number of nitrogens with zero attached hydrogens (tertiary/aromatic N) is 2. The SMILES string of the molecule is COCCNCCCCn1cnc2ccc(Br)cc2c1=O. The van der Waals surface area contributed by atoms with Gasteiger partial charge < -0.3 is 10.1 Å². The van der Waals surface area contributed by atoms with Crippen LogP contribution in [0.1, 0.15) is 12.8 Å². The molecule has 0 radical (unpaired) electrons. The van der Waals surface area contributed by atoms with Gasteiger partial charge in [-0.1, -0.05) is 15.9 Å². The number of benzene rings is 1. The lowest BCUT2D eigenvalue weighted by Crippen LogP contribution is -2.23. The number of rotatable bonds is 8. The lowest BCUT2D eigenvalue weighted by Gasteiger charge is -2.07. The Balaban J connectivity index is 1.91. The van der Waals surface area contributed by atoms with Crippen molar-refractivity contribution in [1.82, 2.24) is 14.9 Å². The molecule has 0 aliphatic heterocycles. The first kappa shape index (κ1) is 16.1. The standard InChI is InChI=1S/C15H20BrN3O2/c1-21-9-7-17-6-2-3-8-19-11-18-14-5-4-12(16)10-13(14)15(19)20/h4-5,10-11,17H,2-3,6-9H2,1H3. The zero-order valence-electron chi connectivity index (χ0n) is 12.1. The Morgan fingerprint density at radius 1 is 1.33 bits per heavy atom. The summed E-state index contributed by atoms with van der Waals surface area (Å²) in [5.41, 5.74) is 0.759. The smallest absolute Gasteiger partial charge is 0.261 e. The van der Waals surface area contributed by atoms with Crippen LogP contribution < -0.4 is 10.9 Å². The summed E-state index contributed by atoms with van der Waals surface area (Å²) < 4.78 is 7.55. The lowest BCUT2D eigenvalue weighted by molar-refractivity contribution is 0.199. The Bertz CT molecular complexity index is 642. The van der Waals surface area contributed by atoms with Gasteiger partial charge in [-0.3, -0.25) is 9.36 Å². The Labute approximate surface area is 132 Å². The van der Waals surface area contributed by atoms with E-state index >= 15 is 0 Å². The maximum Gasteiger partial charge on any atom is 0.261 e. The van der Waals surface area contributed by atoms with Crippen molar-refractivity contribution in [1.29, 1.82) is 0 Å². The summed E-state index contributed by atoms with van der Waals surface area (Å²) in [5, 5.41) is 3.95. The molecule has 0 unspecified atom stereocenters. The average molecular weight is 354 g/mol. The first-order chi connectivity index (χ1) is 10.2. The Morgan fingerprint density at radius 3 is 3.00 bits per heavy atom. The number of aryl methyl sites for hydroxylation is 1. The fourth-order valence-electron chi connectivity index (χ4n) is 2.12. The van der Waals surface area contributed by atoms with Crippen molar-refractivity contribution in [2.75, 3.05) is 26.8 Å². The number of ether oxygens (including phenoxy) is 1. The molecule has 6 heteroatoms. The van der Waals surface area contributed by atoms with Crippen LogP contribution in [0.5, 0.6) is 0 Å². The molecule has 0 saturated carbocycles. The molecule has 0 aliphatic carbocycles. The van der Waals surface area contributed by atoms with Gasteiger partial charge in [0.2, 0.25) is 0 Å². The van der Waals surface area contributed by atoms with Crippen LogP contribution in [0.15, 0.2) is 33.8 Å². The van der Waals surface area contributed by atoms with Crippen LogP contribution in [-0.2, 0) is 11.3 Å². The third-order valence-electron chi connectivity index (χ3n) is 3.27. The quantitative estimate of drug-likeness (QED) is 0.739. The molecule has 0 spiro atoms. The predicted octanol–water partition coefficient (Wildman–Crippen LogP) is 2.18. The minimum atomic E-state index is 0.0219. The third kappa shape index (κ3) is 4.62. The molecule has 1 aromatic heterocycles. The summed E-state index contributed by atoms with van der Waals surface area (Å²) in [6, 6.07) is 5.57. The molecule has 1 aromatic carbocycles. The van der Waals surface area contributed by atoms with E-state index in [2.05, 4.69) is 26.2 Å². The Morgan fingerprint density at radius 2 is 2.19 bits per heavy atom. The van der Waals surface area contributed by atoms with Crippen molar-refractivity contribution in [2.45, 2.75) is 19.4 Å². The second kappa shape index (κ2) is 8.26. The Hall–Kier alpha value is -1.24. The van der Waals surface area contributed by atoms with Gasteiger partial charge in [-0.2, -0.15) is 0 Å². The van der Waals surface area contributed by atoms with Crippen molar-refractivity contribution in [3.63, 3.8) is 0 Å². The number of hydrogen-bond donors (Lipinski definition) is 1. The minimum absolute atomic E-state index is 0.0219. The van der Waals surface area contributed by atoms with Crippen molar-refractivity contribution in [3.05, 3.63) is 39.4 Å². The molecular weight excluding hydrogens is 334 g/mol. The molecule has 0 amide bonds. The lowest BCUT2D eigenvalue weighted by atomic mass is 10.2. The van der Waals surface area contributed by atoms with Crippen molar-refractivity contribution in [2.24, 2.45) is 0 Å². The highest BCUT2D eigenvalue weighted by Crippen LogP contribution is 2.14. The van der Waals surface area contributed by atoms with E-state index in [-0.39, 0.29) is 5.56 Å². The van der Waals surface area contributed by atoms with E-state index in [1.807, 2.05) is 18.2 Å². The van der Waals surface area contributed by atoms with E-state index in [0.29, 0.717) is 11.9 Å². The highest BCUT2D eigenvalue weighted by atomic mass is 79.9. The monoisotopic (exact) mass is 353 g/mol. The molecule has 114 valence electrons. The molecule has 5 nitrogen and oxygen atoms in total. The van der Waals surface area contributed by atoms with Crippen molar-refractivity contribution >= 4 is 26.8 Å². The summed E-state index contributed by atoms with van der Waals surface area (Å²) >= 11 is 3.39. The number of unbranched alkanes of at least 4 members (excludes halogenated alkanes) is 1. The van der Waals surface area contributed by atoms with Gasteiger partial charge in [0.15, 0.2) is 0 Å². The topological polar surface area (TPSA) is 56.1 Å². The largest absolute Gasteiger partial charge is 0.383 e. The molecule has 0 bridgehead atoms. The second-order valence-corrected chi connectivity index (χ2v) is 5.77. The number of fused-ring (bicyclic) bond motifs is 1. The first-order valence-corrected chi connectivity index (χ1v) is 7.86. The fraction of sp³-hybridized carbons (Fsp3) is 0.467. The van der Waals surface area contributed by atoms with Gasteiger partial charge in [-0.25, -0.2) is 4.98 Å². The van der Waals surface area contributed by atoms with E-state index in [1.165, 1.54) is 0 Å². The van der Waals surface area contributed by atoms with E-state index < -0.39 is 0 Å². The summed E-state index contributed by atoms with van der Waals surface area (Å²) in [4.78, 5) is 16.7. The van der Waals surface area contributed by atoms with Crippen molar-refractivity contribution in [3.8, 4) is 0 Å². The van der Waals surface area contributed by atoms with Crippen LogP contribution >= 0.6 is 15.9 Å². The maximum atomic E-state index is 12.4. The predicted molar refractivity (Wildman–Crippen MR) is 87.7 cm³/mol. The average Bonchev–Trinajstić information content (AvgIpc) is 2.49. The summed E-state index contributed by atoms with van der Waals surface area (Å²) in [7, 11) is 1.69. The Kier molecular flexibility index (Phi) is 6.35. The van der Waals surface area contributed by atoms with E-state index in [1.54, 1.807) is 18.0 Å². The zero-order chi connectivity index (χ0) is 15.1. The number of halogens is 1. The maximum absolute atomic E-state index is 12.4. The summed E-state index contributed by atoms with van der Waals surface area (Å²) in [6.07, 6.45) is 3.60. The normalized spacial score (nSPS) is 11.1. The molecule has 0 aliphatic rings. The highest BCUT2D eigenvalue weighted by Gasteiger charge is 2.04. The van der Waals surface area contributed by atoms with Crippen LogP contribution in [-0.4, -0.2) is 36.4 Å². The van der Waals surface area contributed by atoms with Gasteiger partial charge in [0.25, 0.3) is 5.56 Å². The third-order valence-corrected chi connectivity index (χ3v) is 3.76. The van der Waals surface area contributed by atoms with Gasteiger partial charge in [-0.15, -0.1) is 0 Å². The van der Waals surface area contributed by atoms with E-state index in [4.69, 9.17) is 4.74 Å². The molecule has 0 saturated heterocycles. The molecule has 21 heavy (non-hydrogen) atoms. The number of nitrogens with one attached hydrogen (secondary N) is 1. The fourth-order valence-corrected chi connectivity index (χ4v) is 2.48. The van der Waals surface area contributed by atoms with Crippen LogP contribution in [0.25, 0.3) is 10.9 Å². The number of methoxy groups -OCH3 is 1. The molecule has 2 aromatic rings. The van der Waals surface area contributed by atoms with Gasteiger partial charge in [0, 0.05) is 24.7 Å². The molecule has 0 atom stereocenters. The van der Waals surface area contributed by atoms with Crippen LogP contribution in [0, 0.1) is 0 Å². The number of aromatic nitrogens is 2. The number of hydrogen-bond acceptors (Lipinski definition) is 4. The van der Waals surface area contributed by atoms with Crippen LogP contribution in [0.4, 0.5) is 0 Å². The van der Waals surface area contributed by atoms with Crippen molar-refractivity contribution < 1.29 is 4.74 Å². The molecular formula is C15H20BrN3O2. The first-order valence-electron chi connectivity index (χ1n) is 7.07. The minimum Gasteiger partial charge on any atom is -0.383 e. The second-order valence-electron chi connectivity index (χ2n) is 4.85.